The first kappa shape index (κ1) is 15.6. The van der Waals surface area contributed by atoms with Gasteiger partial charge in [-0.3, -0.25) is 0 Å². The molecule has 0 bridgehead atoms. The summed E-state index contributed by atoms with van der Waals surface area (Å²) in [5.41, 5.74) is -0.784. The maximum absolute atomic E-state index is 12.8. The molecule has 1 unspecified atom stereocenters. The van der Waals surface area contributed by atoms with Crippen LogP contribution in [0, 0.1) is 0 Å². The number of nitrogens with zero attached hydrogens (tertiary/aromatic N) is 2. The van der Waals surface area contributed by atoms with E-state index in [0.29, 0.717) is 19.6 Å². The van der Waals surface area contributed by atoms with Gasteiger partial charge in [-0.05, 0) is 19.1 Å². The molecule has 5 nitrogen and oxygen atoms in total. The van der Waals surface area contributed by atoms with Crippen LogP contribution >= 0.6 is 0 Å². The van der Waals surface area contributed by atoms with Crippen molar-refractivity contribution in [3.8, 4) is 0 Å². The summed E-state index contributed by atoms with van der Waals surface area (Å²) >= 11 is 0. The number of pyridine rings is 1. The van der Waals surface area contributed by atoms with E-state index < -0.39 is 23.8 Å². The number of ether oxygens (including phenoxy) is 1. The van der Waals surface area contributed by atoms with Crippen LogP contribution in [-0.4, -0.2) is 43.2 Å². The Kier molecular flexibility index (Phi) is 4.66. The van der Waals surface area contributed by atoms with Crippen LogP contribution in [0.4, 0.5) is 19.0 Å². The molecular weight excluding hydrogens is 287 g/mol. The van der Waals surface area contributed by atoms with Crippen molar-refractivity contribution >= 4 is 11.8 Å². The lowest BCUT2D eigenvalue weighted by atomic mass is 10.1. The zero-order chi connectivity index (χ0) is 15.5. The Hall–Kier alpha value is -1.83. The minimum Gasteiger partial charge on any atom is -0.464 e. The van der Waals surface area contributed by atoms with Gasteiger partial charge >= 0.3 is 12.1 Å². The lowest BCUT2D eigenvalue weighted by molar-refractivity contribution is -0.144. The Morgan fingerprint density at radius 1 is 1.57 bits per heavy atom. The molecule has 1 aliphatic rings. The number of carbonyl (C=O) groups is 1. The Balaban J connectivity index is 2.27. The van der Waals surface area contributed by atoms with E-state index in [1.54, 1.807) is 11.8 Å². The minimum absolute atomic E-state index is 0.129. The Morgan fingerprint density at radius 3 is 3.00 bits per heavy atom. The van der Waals surface area contributed by atoms with E-state index in [1.165, 1.54) is 0 Å². The molecule has 0 aliphatic carbocycles. The number of halogens is 3. The number of rotatable bonds is 3. The summed E-state index contributed by atoms with van der Waals surface area (Å²) < 4.78 is 43.2. The van der Waals surface area contributed by atoms with Gasteiger partial charge in [0.05, 0.1) is 12.2 Å². The predicted molar refractivity (Wildman–Crippen MR) is 69.9 cm³/mol. The van der Waals surface area contributed by atoms with E-state index in [-0.39, 0.29) is 12.4 Å². The summed E-state index contributed by atoms with van der Waals surface area (Å²) in [4.78, 5) is 17.4. The van der Waals surface area contributed by atoms with Crippen LogP contribution in [-0.2, 0) is 15.7 Å². The second kappa shape index (κ2) is 6.30. The summed E-state index contributed by atoms with van der Waals surface area (Å²) in [6.45, 7) is 3.17. The van der Waals surface area contributed by atoms with Crippen LogP contribution in [0.2, 0.25) is 0 Å². The molecule has 1 saturated heterocycles. The molecule has 0 saturated carbocycles. The smallest absolute Gasteiger partial charge is 0.416 e. The van der Waals surface area contributed by atoms with Gasteiger partial charge in [0, 0.05) is 25.8 Å². The number of piperazine rings is 1. The molecule has 0 spiro atoms. The van der Waals surface area contributed by atoms with Gasteiger partial charge in [0.2, 0.25) is 0 Å². The van der Waals surface area contributed by atoms with Crippen molar-refractivity contribution in [2.75, 3.05) is 31.1 Å². The fourth-order valence-electron chi connectivity index (χ4n) is 2.18. The molecule has 1 aliphatic heterocycles. The van der Waals surface area contributed by atoms with Crippen molar-refractivity contribution in [1.29, 1.82) is 0 Å². The zero-order valence-corrected chi connectivity index (χ0v) is 11.5. The number of aromatic nitrogens is 1. The molecule has 2 heterocycles. The fourth-order valence-corrected chi connectivity index (χ4v) is 2.18. The molecule has 21 heavy (non-hydrogen) atoms. The maximum Gasteiger partial charge on any atom is 0.416 e. The highest BCUT2D eigenvalue weighted by Gasteiger charge is 2.34. The lowest BCUT2D eigenvalue weighted by Crippen LogP contribution is -2.56. The second-order valence-electron chi connectivity index (χ2n) is 4.57. The fraction of sp³-hybridized carbons (Fsp3) is 0.538. The Morgan fingerprint density at radius 2 is 2.33 bits per heavy atom. The molecular formula is C13H16F3N3O2. The van der Waals surface area contributed by atoms with E-state index in [0.717, 1.165) is 18.3 Å². The summed E-state index contributed by atoms with van der Waals surface area (Å²) in [5, 5.41) is 3.03. The third-order valence-electron chi connectivity index (χ3n) is 3.17. The highest BCUT2D eigenvalue weighted by atomic mass is 19.4. The van der Waals surface area contributed by atoms with Crippen molar-refractivity contribution < 1.29 is 22.7 Å². The minimum atomic E-state index is -4.44. The van der Waals surface area contributed by atoms with E-state index in [9.17, 15) is 18.0 Å². The summed E-state index contributed by atoms with van der Waals surface area (Å²) in [7, 11) is 0. The van der Waals surface area contributed by atoms with Crippen molar-refractivity contribution in [2.45, 2.75) is 19.1 Å². The molecule has 116 valence electrons. The molecule has 0 radical (unpaired) electrons. The number of esters is 1. The van der Waals surface area contributed by atoms with Gasteiger partial charge in [0.25, 0.3) is 0 Å². The van der Waals surface area contributed by atoms with Gasteiger partial charge in [-0.15, -0.1) is 0 Å². The van der Waals surface area contributed by atoms with Crippen molar-refractivity contribution in [3.63, 3.8) is 0 Å². The molecule has 1 atom stereocenters. The van der Waals surface area contributed by atoms with Crippen LogP contribution in [0.1, 0.15) is 12.5 Å². The summed E-state index contributed by atoms with van der Waals surface area (Å²) in [6, 6.07) is 1.19. The van der Waals surface area contributed by atoms with Crippen LogP contribution in [0.5, 0.6) is 0 Å². The molecule has 1 aromatic rings. The van der Waals surface area contributed by atoms with Gasteiger partial charge in [0.1, 0.15) is 11.9 Å². The average Bonchev–Trinajstić information content (AvgIpc) is 2.47. The molecule has 1 fully saturated rings. The highest BCUT2D eigenvalue weighted by molar-refractivity contribution is 5.80. The maximum atomic E-state index is 12.8. The zero-order valence-electron chi connectivity index (χ0n) is 11.5. The predicted octanol–water partition coefficient (Wildman–Crippen LogP) is 1.44. The average molecular weight is 303 g/mol. The number of carbonyl (C=O) groups excluding carboxylic acids is 1. The van der Waals surface area contributed by atoms with E-state index in [1.807, 2.05) is 0 Å². The van der Waals surface area contributed by atoms with Crippen LogP contribution in [0.3, 0.4) is 0 Å². The van der Waals surface area contributed by atoms with Crippen LogP contribution < -0.4 is 10.2 Å². The SMILES string of the molecule is CCOC(=O)C1CNCCN1c1cc(C(F)(F)F)ccn1. The first-order chi connectivity index (χ1) is 9.93. The monoisotopic (exact) mass is 303 g/mol. The molecule has 1 aromatic heterocycles. The van der Waals surface area contributed by atoms with E-state index >= 15 is 0 Å². The molecule has 8 heteroatoms. The Labute approximate surface area is 120 Å². The van der Waals surface area contributed by atoms with Gasteiger partial charge in [0.15, 0.2) is 0 Å². The van der Waals surface area contributed by atoms with Gasteiger partial charge in [-0.2, -0.15) is 13.2 Å². The number of nitrogens with one attached hydrogen (secondary N) is 1. The highest BCUT2D eigenvalue weighted by Crippen LogP contribution is 2.31. The lowest BCUT2D eigenvalue weighted by Gasteiger charge is -2.35. The second-order valence-corrected chi connectivity index (χ2v) is 4.57. The first-order valence-electron chi connectivity index (χ1n) is 6.60. The summed E-state index contributed by atoms with van der Waals surface area (Å²) in [5.74, 6) is -0.340. The van der Waals surface area contributed by atoms with E-state index in [4.69, 9.17) is 4.74 Å². The first-order valence-corrected chi connectivity index (χ1v) is 6.60. The molecule has 2 rings (SSSR count). The Bertz CT molecular complexity index is 508. The van der Waals surface area contributed by atoms with Gasteiger partial charge in [-0.25, -0.2) is 9.78 Å². The van der Waals surface area contributed by atoms with E-state index in [2.05, 4.69) is 10.3 Å². The van der Waals surface area contributed by atoms with Crippen molar-refractivity contribution in [2.24, 2.45) is 0 Å². The number of alkyl halides is 3. The van der Waals surface area contributed by atoms with Crippen LogP contribution in [0.15, 0.2) is 18.3 Å². The van der Waals surface area contributed by atoms with Crippen LogP contribution in [0.25, 0.3) is 0 Å². The third-order valence-corrected chi connectivity index (χ3v) is 3.17. The molecule has 0 aromatic carbocycles. The number of hydrogen-bond donors (Lipinski definition) is 1. The van der Waals surface area contributed by atoms with Crippen molar-refractivity contribution in [1.82, 2.24) is 10.3 Å². The summed E-state index contributed by atoms with van der Waals surface area (Å²) in [6.07, 6.45) is -3.34. The number of hydrogen-bond acceptors (Lipinski definition) is 5. The quantitative estimate of drug-likeness (QED) is 0.856. The number of anilines is 1. The normalized spacial score (nSPS) is 19.4. The standard InChI is InChI=1S/C13H16F3N3O2/c1-2-21-12(20)10-8-17-5-6-19(10)11-7-9(3-4-18-11)13(14,15)16/h3-4,7,10,17H,2,5-6,8H2,1H3. The molecule has 0 amide bonds. The topological polar surface area (TPSA) is 54.5 Å². The third kappa shape index (κ3) is 3.63. The van der Waals surface area contributed by atoms with Gasteiger partial charge < -0.3 is 15.0 Å². The largest absolute Gasteiger partial charge is 0.464 e. The molecule has 1 N–H and O–H groups in total. The van der Waals surface area contributed by atoms with Gasteiger partial charge in [-0.1, -0.05) is 0 Å². The van der Waals surface area contributed by atoms with Crippen molar-refractivity contribution in [3.05, 3.63) is 23.9 Å².